The molecular formula is C14H16N2. The molecule has 3 rings (SSSR count). The Bertz CT molecular complexity index is 487. The van der Waals surface area contributed by atoms with Crippen molar-refractivity contribution in [1.29, 1.82) is 0 Å². The summed E-state index contributed by atoms with van der Waals surface area (Å²) in [5, 5.41) is 4.82. The minimum atomic E-state index is 0.540. The molecule has 0 radical (unpaired) electrons. The molecule has 82 valence electrons. The first-order chi connectivity index (χ1) is 7.93. The van der Waals surface area contributed by atoms with E-state index in [0.717, 1.165) is 12.1 Å². The molecule has 0 unspecified atom stereocenters. The zero-order chi connectivity index (χ0) is 10.8. The quantitative estimate of drug-likeness (QED) is 0.786. The number of hydrogen-bond donors (Lipinski definition) is 1. The van der Waals surface area contributed by atoms with Gasteiger partial charge in [-0.1, -0.05) is 18.6 Å². The lowest BCUT2D eigenvalue weighted by Crippen LogP contribution is -2.26. The van der Waals surface area contributed by atoms with Crippen LogP contribution >= 0.6 is 0 Å². The first-order valence-electron chi connectivity index (χ1n) is 6.01. The third-order valence-electron chi connectivity index (χ3n) is 3.34. The van der Waals surface area contributed by atoms with Crippen LogP contribution in [0.15, 0.2) is 36.5 Å². The number of pyridine rings is 1. The average molecular weight is 212 g/mol. The molecule has 0 amide bonds. The number of hydrogen-bond acceptors (Lipinski definition) is 2. The molecule has 0 aliphatic carbocycles. The van der Waals surface area contributed by atoms with Crippen molar-refractivity contribution in [2.75, 3.05) is 6.54 Å². The van der Waals surface area contributed by atoms with Crippen molar-refractivity contribution in [2.24, 2.45) is 0 Å². The second-order valence-corrected chi connectivity index (χ2v) is 4.46. The number of fused-ring (bicyclic) bond motifs is 1. The molecule has 1 fully saturated rings. The molecule has 0 bridgehead atoms. The largest absolute Gasteiger partial charge is 0.310 e. The molecule has 1 N–H and O–H groups in total. The van der Waals surface area contributed by atoms with E-state index >= 15 is 0 Å². The van der Waals surface area contributed by atoms with Crippen LogP contribution in [0.2, 0.25) is 0 Å². The monoisotopic (exact) mass is 212 g/mol. The van der Waals surface area contributed by atoms with E-state index in [9.17, 15) is 0 Å². The lowest BCUT2D eigenvalue weighted by atomic mass is 9.96. The van der Waals surface area contributed by atoms with Crippen LogP contribution < -0.4 is 5.32 Å². The maximum atomic E-state index is 4.35. The topological polar surface area (TPSA) is 24.9 Å². The van der Waals surface area contributed by atoms with Gasteiger partial charge in [-0.2, -0.15) is 0 Å². The van der Waals surface area contributed by atoms with Gasteiger partial charge in [-0.25, -0.2) is 0 Å². The van der Waals surface area contributed by atoms with Gasteiger partial charge in [-0.05, 0) is 43.1 Å². The molecule has 1 atom stereocenters. The standard InChI is InChI=1S/C14H16N2/c1-2-8-15-13(5-1)12-6-7-14-11(10-12)4-3-9-16-14/h3-4,6-7,9-10,13,15H,1-2,5,8H2/t13-/m1/s1. The highest BCUT2D eigenvalue weighted by Crippen LogP contribution is 2.25. The first-order valence-corrected chi connectivity index (χ1v) is 6.01. The van der Waals surface area contributed by atoms with E-state index in [4.69, 9.17) is 0 Å². The van der Waals surface area contributed by atoms with E-state index < -0.39 is 0 Å². The van der Waals surface area contributed by atoms with Gasteiger partial charge in [-0.15, -0.1) is 0 Å². The van der Waals surface area contributed by atoms with Gasteiger partial charge in [0.2, 0.25) is 0 Å². The van der Waals surface area contributed by atoms with Crippen molar-refractivity contribution in [2.45, 2.75) is 25.3 Å². The van der Waals surface area contributed by atoms with Gasteiger partial charge in [0.05, 0.1) is 5.52 Å². The van der Waals surface area contributed by atoms with Crippen LogP contribution in [0.5, 0.6) is 0 Å². The Labute approximate surface area is 95.7 Å². The van der Waals surface area contributed by atoms with Gasteiger partial charge in [0, 0.05) is 17.6 Å². The zero-order valence-corrected chi connectivity index (χ0v) is 9.32. The van der Waals surface area contributed by atoms with Gasteiger partial charge in [0.15, 0.2) is 0 Å². The highest BCUT2D eigenvalue weighted by molar-refractivity contribution is 5.79. The third kappa shape index (κ3) is 1.81. The first kappa shape index (κ1) is 9.79. The van der Waals surface area contributed by atoms with E-state index in [1.165, 1.54) is 30.2 Å². The highest BCUT2D eigenvalue weighted by atomic mass is 14.9. The number of nitrogens with zero attached hydrogens (tertiary/aromatic N) is 1. The van der Waals surface area contributed by atoms with E-state index in [0.29, 0.717) is 6.04 Å². The van der Waals surface area contributed by atoms with Crippen LogP contribution in [0.3, 0.4) is 0 Å². The molecule has 2 aromatic rings. The van der Waals surface area contributed by atoms with Crippen molar-refractivity contribution < 1.29 is 0 Å². The normalized spacial score (nSPS) is 21.1. The molecule has 2 heteroatoms. The summed E-state index contributed by atoms with van der Waals surface area (Å²) in [4.78, 5) is 4.35. The molecule has 1 aromatic carbocycles. The summed E-state index contributed by atoms with van der Waals surface area (Å²) in [7, 11) is 0. The Morgan fingerprint density at radius 1 is 1.19 bits per heavy atom. The summed E-state index contributed by atoms with van der Waals surface area (Å²) in [6, 6.07) is 11.3. The van der Waals surface area contributed by atoms with Gasteiger partial charge in [-0.3, -0.25) is 4.98 Å². The smallest absolute Gasteiger partial charge is 0.0702 e. The fraction of sp³-hybridized carbons (Fsp3) is 0.357. The number of benzene rings is 1. The average Bonchev–Trinajstić information content (AvgIpc) is 2.39. The summed E-state index contributed by atoms with van der Waals surface area (Å²) in [6.45, 7) is 1.15. The van der Waals surface area contributed by atoms with E-state index in [-0.39, 0.29) is 0 Å². The fourth-order valence-electron chi connectivity index (χ4n) is 2.45. The Balaban J connectivity index is 1.97. The lowest BCUT2D eigenvalue weighted by molar-refractivity contribution is 0.412. The van der Waals surface area contributed by atoms with Gasteiger partial charge in [0.25, 0.3) is 0 Å². The van der Waals surface area contributed by atoms with Crippen LogP contribution in [0, 0.1) is 0 Å². The fourth-order valence-corrected chi connectivity index (χ4v) is 2.45. The van der Waals surface area contributed by atoms with Crippen molar-refractivity contribution in [3.05, 3.63) is 42.1 Å². The van der Waals surface area contributed by atoms with Crippen LogP contribution in [0.4, 0.5) is 0 Å². The third-order valence-corrected chi connectivity index (χ3v) is 3.34. The van der Waals surface area contributed by atoms with E-state index in [1.807, 2.05) is 12.3 Å². The summed E-state index contributed by atoms with van der Waals surface area (Å²) in [5.41, 5.74) is 2.49. The van der Waals surface area contributed by atoms with E-state index in [2.05, 4.69) is 34.6 Å². The summed E-state index contributed by atoms with van der Waals surface area (Å²) < 4.78 is 0. The molecule has 1 saturated heterocycles. The molecular weight excluding hydrogens is 196 g/mol. The lowest BCUT2D eigenvalue weighted by Gasteiger charge is -2.24. The maximum Gasteiger partial charge on any atom is 0.0702 e. The van der Waals surface area contributed by atoms with Crippen molar-refractivity contribution in [1.82, 2.24) is 10.3 Å². The molecule has 1 aromatic heterocycles. The molecule has 1 aliphatic rings. The highest BCUT2D eigenvalue weighted by Gasteiger charge is 2.14. The second kappa shape index (κ2) is 4.22. The predicted octanol–water partition coefficient (Wildman–Crippen LogP) is 3.05. The van der Waals surface area contributed by atoms with Crippen LogP contribution in [0.25, 0.3) is 10.9 Å². The Morgan fingerprint density at radius 3 is 3.06 bits per heavy atom. The number of piperidine rings is 1. The SMILES string of the molecule is c1cnc2ccc([C@H]3CCCCN3)cc2c1. The van der Waals surface area contributed by atoms with Crippen LogP contribution in [-0.2, 0) is 0 Å². The van der Waals surface area contributed by atoms with Crippen molar-refractivity contribution in [3.63, 3.8) is 0 Å². The second-order valence-electron chi connectivity index (χ2n) is 4.46. The van der Waals surface area contributed by atoms with Gasteiger partial charge in [0.1, 0.15) is 0 Å². The molecule has 1 aliphatic heterocycles. The summed E-state index contributed by atoms with van der Waals surface area (Å²) >= 11 is 0. The minimum Gasteiger partial charge on any atom is -0.310 e. The maximum absolute atomic E-state index is 4.35. The van der Waals surface area contributed by atoms with E-state index in [1.54, 1.807) is 0 Å². The number of nitrogens with one attached hydrogen (secondary N) is 1. The Morgan fingerprint density at radius 2 is 2.19 bits per heavy atom. The molecule has 2 heterocycles. The molecule has 0 spiro atoms. The summed E-state index contributed by atoms with van der Waals surface area (Å²) in [5.74, 6) is 0. The molecule has 0 saturated carbocycles. The number of aromatic nitrogens is 1. The van der Waals surface area contributed by atoms with Crippen LogP contribution in [0.1, 0.15) is 30.9 Å². The molecule has 16 heavy (non-hydrogen) atoms. The van der Waals surface area contributed by atoms with Crippen molar-refractivity contribution >= 4 is 10.9 Å². The zero-order valence-electron chi connectivity index (χ0n) is 9.32. The van der Waals surface area contributed by atoms with Crippen LogP contribution in [-0.4, -0.2) is 11.5 Å². The van der Waals surface area contributed by atoms with Gasteiger partial charge < -0.3 is 5.32 Å². The minimum absolute atomic E-state index is 0.540. The number of rotatable bonds is 1. The van der Waals surface area contributed by atoms with Crippen molar-refractivity contribution in [3.8, 4) is 0 Å². The Hall–Kier alpha value is -1.41. The Kier molecular flexibility index (Phi) is 2.58. The van der Waals surface area contributed by atoms with Gasteiger partial charge >= 0.3 is 0 Å². The molecule has 2 nitrogen and oxygen atoms in total. The summed E-state index contributed by atoms with van der Waals surface area (Å²) in [6.07, 6.45) is 5.75. The predicted molar refractivity (Wildman–Crippen MR) is 66.3 cm³/mol.